The minimum absolute atomic E-state index is 0.269. The first-order valence-corrected chi connectivity index (χ1v) is 8.27. The highest BCUT2D eigenvalue weighted by molar-refractivity contribution is 6.35. The first kappa shape index (κ1) is 19.1. The third-order valence-corrected chi connectivity index (χ3v) is 3.98. The van der Waals surface area contributed by atoms with E-state index in [1.165, 1.54) is 7.11 Å². The molecule has 0 atom stereocenters. The van der Waals surface area contributed by atoms with Crippen molar-refractivity contribution in [3.05, 3.63) is 63.6 Å². The van der Waals surface area contributed by atoms with Gasteiger partial charge in [-0.2, -0.15) is 0 Å². The van der Waals surface area contributed by atoms with Gasteiger partial charge in [0.25, 0.3) is 5.91 Å². The maximum Gasteiger partial charge on any atom is 0.342 e. The van der Waals surface area contributed by atoms with E-state index in [4.69, 9.17) is 32.7 Å². The van der Waals surface area contributed by atoms with Crippen LogP contribution in [0.15, 0.2) is 42.5 Å². The van der Waals surface area contributed by atoms with Crippen molar-refractivity contribution in [1.29, 1.82) is 0 Å². The SMILES string of the molecule is COc1ccccc1C(=O)OCC(=O)NCCc1ccc(Cl)cc1Cl. The summed E-state index contributed by atoms with van der Waals surface area (Å²) < 4.78 is 10.1. The van der Waals surface area contributed by atoms with E-state index in [0.29, 0.717) is 28.8 Å². The average molecular weight is 382 g/mol. The van der Waals surface area contributed by atoms with E-state index in [2.05, 4.69) is 5.32 Å². The van der Waals surface area contributed by atoms with Gasteiger partial charge in [0.05, 0.1) is 7.11 Å². The van der Waals surface area contributed by atoms with Gasteiger partial charge in [-0.1, -0.05) is 41.4 Å². The highest BCUT2D eigenvalue weighted by atomic mass is 35.5. The zero-order chi connectivity index (χ0) is 18.2. The van der Waals surface area contributed by atoms with Gasteiger partial charge in [-0.3, -0.25) is 4.79 Å². The van der Waals surface area contributed by atoms with E-state index < -0.39 is 11.9 Å². The molecule has 2 aromatic rings. The maximum atomic E-state index is 12.0. The zero-order valence-electron chi connectivity index (χ0n) is 13.6. The van der Waals surface area contributed by atoms with Gasteiger partial charge in [-0.05, 0) is 36.2 Å². The summed E-state index contributed by atoms with van der Waals surface area (Å²) in [6, 6.07) is 11.8. The van der Waals surface area contributed by atoms with Crippen LogP contribution in [-0.4, -0.2) is 32.1 Å². The van der Waals surface area contributed by atoms with Crippen molar-refractivity contribution < 1.29 is 19.1 Å². The molecule has 5 nitrogen and oxygen atoms in total. The predicted molar refractivity (Wildman–Crippen MR) is 96.5 cm³/mol. The number of carbonyl (C=O) groups is 2. The Morgan fingerprint density at radius 3 is 2.60 bits per heavy atom. The Morgan fingerprint density at radius 1 is 1.12 bits per heavy atom. The number of nitrogens with one attached hydrogen (secondary N) is 1. The normalized spacial score (nSPS) is 10.2. The summed E-state index contributed by atoms with van der Waals surface area (Å²) in [5.74, 6) is -0.619. The van der Waals surface area contributed by atoms with Crippen molar-refractivity contribution in [3.8, 4) is 5.75 Å². The number of rotatable bonds is 7. The number of methoxy groups -OCH3 is 1. The molecule has 0 fully saturated rings. The summed E-state index contributed by atoms with van der Waals surface area (Å²) >= 11 is 11.9. The fraction of sp³-hybridized carbons (Fsp3) is 0.222. The third kappa shape index (κ3) is 5.66. The summed E-state index contributed by atoms with van der Waals surface area (Å²) in [6.45, 7) is -0.00235. The van der Waals surface area contributed by atoms with Gasteiger partial charge in [-0.15, -0.1) is 0 Å². The molecule has 25 heavy (non-hydrogen) atoms. The molecule has 1 N–H and O–H groups in total. The number of benzene rings is 2. The van der Waals surface area contributed by atoms with Crippen molar-refractivity contribution in [2.24, 2.45) is 0 Å². The van der Waals surface area contributed by atoms with Crippen LogP contribution in [0.5, 0.6) is 5.75 Å². The smallest absolute Gasteiger partial charge is 0.342 e. The number of hydrogen-bond donors (Lipinski definition) is 1. The summed E-state index contributed by atoms with van der Waals surface area (Å²) in [6.07, 6.45) is 0.544. The van der Waals surface area contributed by atoms with E-state index in [0.717, 1.165) is 5.56 Å². The molecule has 132 valence electrons. The standard InChI is InChI=1S/C18H17Cl2NO4/c1-24-16-5-3-2-4-14(16)18(23)25-11-17(22)21-9-8-12-6-7-13(19)10-15(12)20/h2-7,10H,8-9,11H2,1H3,(H,21,22). The number of amides is 1. The lowest BCUT2D eigenvalue weighted by atomic mass is 10.1. The molecule has 2 aromatic carbocycles. The van der Waals surface area contributed by atoms with Crippen LogP contribution in [0.1, 0.15) is 15.9 Å². The van der Waals surface area contributed by atoms with Gasteiger partial charge in [0.1, 0.15) is 11.3 Å². The van der Waals surface area contributed by atoms with Crippen LogP contribution in [0.4, 0.5) is 0 Å². The van der Waals surface area contributed by atoms with E-state index >= 15 is 0 Å². The molecular formula is C18H17Cl2NO4. The van der Waals surface area contributed by atoms with Crippen molar-refractivity contribution in [2.45, 2.75) is 6.42 Å². The van der Waals surface area contributed by atoms with E-state index in [1.807, 2.05) is 0 Å². The lowest BCUT2D eigenvalue weighted by Gasteiger charge is -2.09. The van der Waals surface area contributed by atoms with Crippen LogP contribution in [0.3, 0.4) is 0 Å². The van der Waals surface area contributed by atoms with Gasteiger partial charge in [0.15, 0.2) is 6.61 Å². The Bertz CT molecular complexity index is 764. The molecule has 2 rings (SSSR count). The van der Waals surface area contributed by atoms with Gasteiger partial charge in [0, 0.05) is 16.6 Å². The molecule has 0 aromatic heterocycles. The van der Waals surface area contributed by atoms with Gasteiger partial charge < -0.3 is 14.8 Å². The molecule has 0 aliphatic heterocycles. The molecule has 0 aliphatic carbocycles. The Balaban J connectivity index is 1.78. The number of carbonyl (C=O) groups excluding carboxylic acids is 2. The number of para-hydroxylation sites is 1. The summed E-state index contributed by atoms with van der Waals surface area (Å²) in [5.41, 5.74) is 1.14. The van der Waals surface area contributed by atoms with Crippen molar-refractivity contribution in [2.75, 3.05) is 20.3 Å². The molecular weight excluding hydrogens is 365 g/mol. The second-order valence-corrected chi connectivity index (χ2v) is 5.96. The highest BCUT2D eigenvalue weighted by Gasteiger charge is 2.14. The van der Waals surface area contributed by atoms with Crippen LogP contribution in [0.2, 0.25) is 10.0 Å². The van der Waals surface area contributed by atoms with Crippen LogP contribution in [0.25, 0.3) is 0 Å². The second-order valence-electron chi connectivity index (χ2n) is 5.11. The van der Waals surface area contributed by atoms with Gasteiger partial charge >= 0.3 is 5.97 Å². The first-order chi connectivity index (χ1) is 12.0. The molecule has 0 saturated carbocycles. The Labute approximate surface area is 155 Å². The number of halogens is 2. The lowest BCUT2D eigenvalue weighted by Crippen LogP contribution is -2.30. The van der Waals surface area contributed by atoms with E-state index in [9.17, 15) is 9.59 Å². The fourth-order valence-electron chi connectivity index (χ4n) is 2.13. The quantitative estimate of drug-likeness (QED) is 0.745. The van der Waals surface area contributed by atoms with Crippen molar-refractivity contribution in [1.82, 2.24) is 5.32 Å². The maximum absolute atomic E-state index is 12.0. The minimum atomic E-state index is -0.617. The average Bonchev–Trinajstić information content (AvgIpc) is 2.61. The van der Waals surface area contributed by atoms with E-state index in [1.54, 1.807) is 42.5 Å². The lowest BCUT2D eigenvalue weighted by molar-refractivity contribution is -0.124. The summed E-state index contributed by atoms with van der Waals surface area (Å²) in [5, 5.41) is 3.77. The molecule has 0 heterocycles. The molecule has 0 unspecified atom stereocenters. The van der Waals surface area contributed by atoms with Crippen LogP contribution < -0.4 is 10.1 Å². The highest BCUT2D eigenvalue weighted by Crippen LogP contribution is 2.21. The monoisotopic (exact) mass is 381 g/mol. The molecule has 0 bridgehead atoms. The number of esters is 1. The summed E-state index contributed by atoms with van der Waals surface area (Å²) in [4.78, 5) is 23.8. The molecule has 0 saturated heterocycles. The predicted octanol–water partition coefficient (Wildman–Crippen LogP) is 3.52. The fourth-order valence-corrected chi connectivity index (χ4v) is 2.64. The number of ether oxygens (including phenoxy) is 2. The van der Waals surface area contributed by atoms with Crippen LogP contribution in [0, 0.1) is 0 Å². The van der Waals surface area contributed by atoms with Gasteiger partial charge in [0.2, 0.25) is 0 Å². The summed E-state index contributed by atoms with van der Waals surface area (Å²) in [7, 11) is 1.46. The molecule has 0 aliphatic rings. The number of hydrogen-bond acceptors (Lipinski definition) is 4. The van der Waals surface area contributed by atoms with Crippen LogP contribution >= 0.6 is 23.2 Å². The van der Waals surface area contributed by atoms with Gasteiger partial charge in [-0.25, -0.2) is 4.79 Å². The zero-order valence-corrected chi connectivity index (χ0v) is 15.1. The Kier molecular flexibility index (Phi) is 7.10. The molecule has 0 spiro atoms. The molecule has 0 radical (unpaired) electrons. The minimum Gasteiger partial charge on any atom is -0.496 e. The first-order valence-electron chi connectivity index (χ1n) is 7.52. The Hall–Kier alpha value is -2.24. The molecule has 1 amide bonds. The second kappa shape index (κ2) is 9.30. The van der Waals surface area contributed by atoms with E-state index in [-0.39, 0.29) is 12.2 Å². The van der Waals surface area contributed by atoms with Crippen LogP contribution in [-0.2, 0) is 16.0 Å². The van der Waals surface area contributed by atoms with Crippen molar-refractivity contribution >= 4 is 35.1 Å². The molecule has 7 heteroatoms. The Morgan fingerprint density at radius 2 is 1.88 bits per heavy atom. The third-order valence-electron chi connectivity index (χ3n) is 3.39. The topological polar surface area (TPSA) is 64.6 Å². The van der Waals surface area contributed by atoms with Crippen molar-refractivity contribution in [3.63, 3.8) is 0 Å². The largest absolute Gasteiger partial charge is 0.496 e.